The lowest BCUT2D eigenvalue weighted by molar-refractivity contribution is 0.742. The first-order valence-corrected chi connectivity index (χ1v) is 7.39. The third-order valence-corrected chi connectivity index (χ3v) is 3.84. The fraction of sp³-hybridized carbons (Fsp3) is 0.176. The van der Waals surface area contributed by atoms with Crippen molar-refractivity contribution in [2.75, 3.05) is 5.32 Å². The highest BCUT2D eigenvalue weighted by atomic mass is 35.5. The van der Waals surface area contributed by atoms with Crippen molar-refractivity contribution in [2.24, 2.45) is 0 Å². The topological polar surface area (TPSA) is 37.8 Å². The molecule has 3 aromatic rings. The first-order chi connectivity index (χ1) is 10.3. The second-order valence-electron chi connectivity index (χ2n) is 4.90. The van der Waals surface area contributed by atoms with Gasteiger partial charge in [0.05, 0.1) is 6.04 Å². The molecule has 1 heterocycles. The zero-order valence-corrected chi connectivity index (χ0v) is 12.5. The largest absolute Gasteiger partial charge is 0.361 e. The van der Waals surface area contributed by atoms with E-state index in [0.29, 0.717) is 5.15 Å². The van der Waals surface area contributed by atoms with Crippen LogP contribution in [0.5, 0.6) is 0 Å². The minimum absolute atomic E-state index is 0.199. The van der Waals surface area contributed by atoms with Crippen LogP contribution in [0.25, 0.3) is 10.8 Å². The van der Waals surface area contributed by atoms with Crippen molar-refractivity contribution in [3.63, 3.8) is 0 Å². The molecule has 0 fully saturated rings. The van der Waals surface area contributed by atoms with Crippen LogP contribution in [-0.2, 0) is 0 Å². The summed E-state index contributed by atoms with van der Waals surface area (Å²) in [6.07, 6.45) is 0.961. The van der Waals surface area contributed by atoms with Crippen LogP contribution in [0, 0.1) is 0 Å². The monoisotopic (exact) mass is 297 g/mol. The Morgan fingerprint density at radius 3 is 2.33 bits per heavy atom. The van der Waals surface area contributed by atoms with E-state index >= 15 is 0 Å². The molecule has 0 saturated heterocycles. The lowest BCUT2D eigenvalue weighted by atomic mass is 10.0. The maximum atomic E-state index is 6.12. The van der Waals surface area contributed by atoms with Crippen LogP contribution < -0.4 is 5.32 Å². The van der Waals surface area contributed by atoms with Gasteiger partial charge in [0.1, 0.15) is 0 Å². The van der Waals surface area contributed by atoms with Crippen molar-refractivity contribution in [2.45, 2.75) is 19.4 Å². The van der Waals surface area contributed by atoms with Gasteiger partial charge in [-0.15, -0.1) is 10.2 Å². The van der Waals surface area contributed by atoms with Crippen LogP contribution >= 0.6 is 11.6 Å². The number of anilines is 1. The molecular formula is C17H16ClN3. The zero-order chi connectivity index (χ0) is 14.7. The molecule has 0 aliphatic heterocycles. The first-order valence-electron chi connectivity index (χ1n) is 7.02. The van der Waals surface area contributed by atoms with Gasteiger partial charge in [0, 0.05) is 10.8 Å². The van der Waals surface area contributed by atoms with Gasteiger partial charge in [-0.2, -0.15) is 0 Å². The minimum atomic E-state index is 0.199. The average Bonchev–Trinajstić information content (AvgIpc) is 2.55. The Bertz CT molecular complexity index is 743. The number of hydrogen-bond acceptors (Lipinski definition) is 3. The number of hydrogen-bond donors (Lipinski definition) is 1. The molecule has 4 heteroatoms. The summed E-state index contributed by atoms with van der Waals surface area (Å²) < 4.78 is 0. The number of fused-ring (bicyclic) bond motifs is 1. The van der Waals surface area contributed by atoms with Crippen molar-refractivity contribution in [1.29, 1.82) is 0 Å². The summed E-state index contributed by atoms with van der Waals surface area (Å²) in [7, 11) is 0. The summed E-state index contributed by atoms with van der Waals surface area (Å²) >= 11 is 6.12. The molecule has 1 atom stereocenters. The smallest absolute Gasteiger partial charge is 0.159 e. The van der Waals surface area contributed by atoms with E-state index in [9.17, 15) is 0 Å². The zero-order valence-electron chi connectivity index (χ0n) is 11.8. The van der Waals surface area contributed by atoms with E-state index < -0.39 is 0 Å². The normalized spacial score (nSPS) is 12.3. The Labute approximate surface area is 129 Å². The third kappa shape index (κ3) is 2.83. The molecule has 0 saturated carbocycles. The van der Waals surface area contributed by atoms with Crippen LogP contribution in [0.1, 0.15) is 24.9 Å². The number of halogens is 1. The molecule has 0 aliphatic rings. The fourth-order valence-corrected chi connectivity index (χ4v) is 2.65. The highest BCUT2D eigenvalue weighted by Crippen LogP contribution is 2.29. The highest BCUT2D eigenvalue weighted by molar-refractivity contribution is 6.34. The SMILES string of the molecule is CCC(Nc1nnc(Cl)c2ccccc12)c1ccccc1. The Hall–Kier alpha value is -2.13. The molecule has 1 unspecified atom stereocenters. The van der Waals surface area contributed by atoms with Crippen LogP contribution in [0.4, 0.5) is 5.82 Å². The van der Waals surface area contributed by atoms with E-state index in [-0.39, 0.29) is 6.04 Å². The molecule has 3 rings (SSSR count). The van der Waals surface area contributed by atoms with Crippen LogP contribution in [0.3, 0.4) is 0 Å². The average molecular weight is 298 g/mol. The molecule has 0 aliphatic carbocycles. The summed E-state index contributed by atoms with van der Waals surface area (Å²) in [6, 6.07) is 18.5. The van der Waals surface area contributed by atoms with E-state index in [4.69, 9.17) is 11.6 Å². The van der Waals surface area contributed by atoms with Crippen molar-refractivity contribution < 1.29 is 0 Å². The molecule has 0 amide bonds. The summed E-state index contributed by atoms with van der Waals surface area (Å²) in [5.74, 6) is 0.769. The van der Waals surface area contributed by atoms with E-state index in [1.54, 1.807) is 0 Å². The highest BCUT2D eigenvalue weighted by Gasteiger charge is 2.13. The van der Waals surface area contributed by atoms with Gasteiger partial charge in [0.2, 0.25) is 0 Å². The van der Waals surface area contributed by atoms with Gasteiger partial charge in [0.15, 0.2) is 11.0 Å². The fourth-order valence-electron chi connectivity index (χ4n) is 2.45. The number of rotatable bonds is 4. The lowest BCUT2D eigenvalue weighted by Crippen LogP contribution is -2.11. The predicted octanol–water partition coefficient (Wildman–Crippen LogP) is 4.85. The molecule has 0 spiro atoms. The molecule has 106 valence electrons. The van der Waals surface area contributed by atoms with E-state index in [1.165, 1.54) is 5.56 Å². The van der Waals surface area contributed by atoms with Crippen LogP contribution in [-0.4, -0.2) is 10.2 Å². The van der Waals surface area contributed by atoms with Crippen molar-refractivity contribution in [1.82, 2.24) is 10.2 Å². The Balaban J connectivity index is 1.99. The summed E-state index contributed by atoms with van der Waals surface area (Å²) in [5.41, 5.74) is 1.24. The number of aromatic nitrogens is 2. The summed E-state index contributed by atoms with van der Waals surface area (Å²) in [6.45, 7) is 2.15. The molecule has 21 heavy (non-hydrogen) atoms. The summed E-state index contributed by atoms with van der Waals surface area (Å²) in [5, 5.41) is 14.1. The van der Waals surface area contributed by atoms with Gasteiger partial charge in [-0.1, -0.05) is 73.1 Å². The quantitative estimate of drug-likeness (QED) is 0.748. The Morgan fingerprint density at radius 2 is 1.62 bits per heavy atom. The van der Waals surface area contributed by atoms with E-state index in [0.717, 1.165) is 23.0 Å². The number of benzene rings is 2. The molecule has 1 aromatic heterocycles. The van der Waals surface area contributed by atoms with Crippen LogP contribution in [0.15, 0.2) is 54.6 Å². The van der Waals surface area contributed by atoms with Crippen molar-refractivity contribution in [3.05, 3.63) is 65.3 Å². The molecule has 2 aromatic carbocycles. The molecule has 0 bridgehead atoms. The standard InChI is InChI=1S/C17H16ClN3/c1-2-15(12-8-4-3-5-9-12)19-17-14-11-7-6-10-13(14)16(18)20-21-17/h3-11,15H,2H2,1H3,(H,19,21). The van der Waals surface area contributed by atoms with E-state index in [2.05, 4.69) is 34.6 Å². The molecule has 1 N–H and O–H groups in total. The van der Waals surface area contributed by atoms with Gasteiger partial charge in [0.25, 0.3) is 0 Å². The van der Waals surface area contributed by atoms with Gasteiger partial charge < -0.3 is 5.32 Å². The first kappa shape index (κ1) is 13.8. The second-order valence-corrected chi connectivity index (χ2v) is 5.26. The minimum Gasteiger partial charge on any atom is -0.361 e. The van der Waals surface area contributed by atoms with Crippen molar-refractivity contribution in [3.8, 4) is 0 Å². The molecule has 3 nitrogen and oxygen atoms in total. The maximum absolute atomic E-state index is 6.12. The van der Waals surface area contributed by atoms with Crippen molar-refractivity contribution >= 4 is 28.2 Å². The summed E-state index contributed by atoms with van der Waals surface area (Å²) in [4.78, 5) is 0. The number of nitrogens with one attached hydrogen (secondary N) is 1. The third-order valence-electron chi connectivity index (χ3n) is 3.56. The van der Waals surface area contributed by atoms with Gasteiger partial charge >= 0.3 is 0 Å². The lowest BCUT2D eigenvalue weighted by Gasteiger charge is -2.19. The molecular weight excluding hydrogens is 282 g/mol. The van der Waals surface area contributed by atoms with Crippen LogP contribution in [0.2, 0.25) is 5.15 Å². The number of nitrogens with zero attached hydrogens (tertiary/aromatic N) is 2. The molecule has 0 radical (unpaired) electrons. The van der Waals surface area contributed by atoms with E-state index in [1.807, 2.05) is 42.5 Å². The van der Waals surface area contributed by atoms with Gasteiger partial charge in [-0.3, -0.25) is 0 Å². The van der Waals surface area contributed by atoms with Gasteiger partial charge in [-0.05, 0) is 12.0 Å². The predicted molar refractivity (Wildman–Crippen MR) is 87.6 cm³/mol. The Kier molecular flexibility index (Phi) is 4.02. The maximum Gasteiger partial charge on any atom is 0.159 e. The second kappa shape index (κ2) is 6.10. The Morgan fingerprint density at radius 1 is 0.952 bits per heavy atom. The van der Waals surface area contributed by atoms with Gasteiger partial charge in [-0.25, -0.2) is 0 Å².